The standard InChI is InChI=1S/C22H32N2O3S/c25-22(16-23-13-6-11-20(23)15-18-7-2-1-3-8-18)24(19-9-4-5-10-19)21-12-14-28(26,27)17-21/h1-3,7-8,19-21H,4-6,9-17H2/t20-,21+/m1/s1. The van der Waals surface area contributed by atoms with E-state index in [9.17, 15) is 13.2 Å². The highest BCUT2D eigenvalue weighted by Gasteiger charge is 2.40. The summed E-state index contributed by atoms with van der Waals surface area (Å²) in [4.78, 5) is 17.7. The zero-order valence-electron chi connectivity index (χ0n) is 16.6. The summed E-state index contributed by atoms with van der Waals surface area (Å²) in [5.74, 6) is 0.533. The monoisotopic (exact) mass is 404 g/mol. The number of amides is 1. The Morgan fingerprint density at radius 2 is 1.75 bits per heavy atom. The van der Waals surface area contributed by atoms with Gasteiger partial charge in [-0.15, -0.1) is 0 Å². The Bertz CT molecular complexity index is 774. The van der Waals surface area contributed by atoms with Crippen molar-refractivity contribution in [3.63, 3.8) is 0 Å². The van der Waals surface area contributed by atoms with Crippen LogP contribution in [0.2, 0.25) is 0 Å². The third kappa shape index (κ3) is 4.60. The Kier molecular flexibility index (Phi) is 6.07. The minimum atomic E-state index is -2.99. The van der Waals surface area contributed by atoms with Gasteiger partial charge in [-0.3, -0.25) is 9.69 Å². The van der Waals surface area contributed by atoms with Crippen molar-refractivity contribution in [3.8, 4) is 0 Å². The highest BCUT2D eigenvalue weighted by atomic mass is 32.2. The molecule has 5 nitrogen and oxygen atoms in total. The summed E-state index contributed by atoms with van der Waals surface area (Å²) in [6.45, 7) is 1.40. The van der Waals surface area contributed by atoms with Crippen LogP contribution in [0.3, 0.4) is 0 Å². The van der Waals surface area contributed by atoms with Crippen LogP contribution >= 0.6 is 0 Å². The van der Waals surface area contributed by atoms with E-state index in [1.54, 1.807) is 0 Å². The first-order valence-electron chi connectivity index (χ1n) is 10.8. The van der Waals surface area contributed by atoms with E-state index in [4.69, 9.17) is 0 Å². The van der Waals surface area contributed by atoms with Crippen molar-refractivity contribution >= 4 is 15.7 Å². The van der Waals surface area contributed by atoms with E-state index >= 15 is 0 Å². The summed E-state index contributed by atoms with van der Waals surface area (Å²) < 4.78 is 24.1. The van der Waals surface area contributed by atoms with Crippen LogP contribution in [0.4, 0.5) is 0 Å². The van der Waals surface area contributed by atoms with Crippen LogP contribution in [0.5, 0.6) is 0 Å². The van der Waals surface area contributed by atoms with E-state index in [2.05, 4.69) is 29.2 Å². The first kappa shape index (κ1) is 19.9. The largest absolute Gasteiger partial charge is 0.335 e. The van der Waals surface area contributed by atoms with E-state index in [1.807, 2.05) is 11.0 Å². The van der Waals surface area contributed by atoms with Crippen LogP contribution in [0.25, 0.3) is 0 Å². The highest BCUT2D eigenvalue weighted by Crippen LogP contribution is 2.30. The van der Waals surface area contributed by atoms with Crippen molar-refractivity contribution in [3.05, 3.63) is 35.9 Å². The van der Waals surface area contributed by atoms with Crippen molar-refractivity contribution in [1.29, 1.82) is 0 Å². The highest BCUT2D eigenvalue weighted by molar-refractivity contribution is 7.91. The molecule has 1 aliphatic carbocycles. The second kappa shape index (κ2) is 8.54. The van der Waals surface area contributed by atoms with Gasteiger partial charge in [0.2, 0.25) is 5.91 Å². The number of sulfone groups is 1. The molecular weight excluding hydrogens is 372 g/mol. The Hall–Kier alpha value is -1.40. The molecule has 2 atom stereocenters. The molecule has 1 saturated carbocycles. The molecular formula is C22H32N2O3S. The lowest BCUT2D eigenvalue weighted by atomic mass is 10.0. The van der Waals surface area contributed by atoms with Crippen LogP contribution in [-0.2, 0) is 21.1 Å². The first-order chi connectivity index (χ1) is 13.5. The Labute approximate surface area is 169 Å². The van der Waals surface area contributed by atoms with Crippen LogP contribution < -0.4 is 0 Å². The van der Waals surface area contributed by atoms with Gasteiger partial charge in [-0.1, -0.05) is 43.2 Å². The smallest absolute Gasteiger partial charge is 0.237 e. The van der Waals surface area contributed by atoms with Gasteiger partial charge in [-0.2, -0.15) is 0 Å². The molecule has 1 aromatic carbocycles. The topological polar surface area (TPSA) is 57.7 Å². The van der Waals surface area contributed by atoms with Crippen LogP contribution in [0.1, 0.15) is 50.5 Å². The molecule has 154 valence electrons. The minimum Gasteiger partial charge on any atom is -0.335 e. The van der Waals surface area contributed by atoms with Crippen LogP contribution in [0.15, 0.2) is 30.3 Å². The third-order valence-electron chi connectivity index (χ3n) is 6.76. The molecule has 2 heterocycles. The predicted octanol–water partition coefficient (Wildman–Crippen LogP) is 2.65. The fourth-order valence-electron chi connectivity index (χ4n) is 5.36. The summed E-state index contributed by atoms with van der Waals surface area (Å²) in [5.41, 5.74) is 1.32. The lowest BCUT2D eigenvalue weighted by Gasteiger charge is -2.36. The van der Waals surface area contributed by atoms with E-state index in [1.165, 1.54) is 5.56 Å². The van der Waals surface area contributed by atoms with Gasteiger partial charge in [0.25, 0.3) is 0 Å². The number of likely N-dealkylation sites (tertiary alicyclic amines) is 1. The quantitative estimate of drug-likeness (QED) is 0.731. The maximum absolute atomic E-state index is 13.4. The average Bonchev–Trinajstić information content (AvgIpc) is 3.40. The van der Waals surface area contributed by atoms with Crippen molar-refractivity contribution in [2.24, 2.45) is 0 Å². The number of rotatable bonds is 6. The van der Waals surface area contributed by atoms with Crippen molar-refractivity contribution in [2.75, 3.05) is 24.6 Å². The molecule has 28 heavy (non-hydrogen) atoms. The fraction of sp³-hybridized carbons (Fsp3) is 0.682. The molecule has 0 spiro atoms. The predicted molar refractivity (Wildman–Crippen MR) is 111 cm³/mol. The Balaban J connectivity index is 1.44. The van der Waals surface area contributed by atoms with Crippen molar-refractivity contribution in [1.82, 2.24) is 9.80 Å². The van der Waals surface area contributed by atoms with Gasteiger partial charge >= 0.3 is 0 Å². The maximum Gasteiger partial charge on any atom is 0.237 e. The normalized spacial score (nSPS) is 28.0. The minimum absolute atomic E-state index is 0.115. The first-order valence-corrected chi connectivity index (χ1v) is 12.6. The van der Waals surface area contributed by atoms with Gasteiger partial charge in [0, 0.05) is 18.1 Å². The molecule has 1 aromatic rings. The van der Waals surface area contributed by atoms with Gasteiger partial charge in [0.05, 0.1) is 18.1 Å². The molecule has 0 bridgehead atoms. The molecule has 6 heteroatoms. The SMILES string of the molecule is O=C(CN1CCC[C@@H]1Cc1ccccc1)N(C1CCCC1)[C@H]1CCS(=O)(=O)C1. The summed E-state index contributed by atoms with van der Waals surface area (Å²) in [5, 5.41) is 0. The molecule has 3 fully saturated rings. The van der Waals surface area contributed by atoms with E-state index in [-0.39, 0.29) is 29.5 Å². The number of benzene rings is 1. The molecule has 0 aromatic heterocycles. The molecule has 3 aliphatic rings. The molecule has 0 radical (unpaired) electrons. The van der Waals surface area contributed by atoms with E-state index in [0.29, 0.717) is 19.0 Å². The van der Waals surface area contributed by atoms with Gasteiger partial charge in [-0.05, 0) is 50.6 Å². The zero-order valence-corrected chi connectivity index (χ0v) is 17.4. The average molecular weight is 405 g/mol. The lowest BCUT2D eigenvalue weighted by molar-refractivity contribution is -0.137. The van der Waals surface area contributed by atoms with E-state index in [0.717, 1.165) is 51.5 Å². The summed E-state index contributed by atoms with van der Waals surface area (Å²) in [6.07, 6.45) is 8.19. The van der Waals surface area contributed by atoms with Crippen LogP contribution in [-0.4, -0.2) is 66.8 Å². The molecule has 2 aliphatic heterocycles. The number of nitrogens with zero attached hydrogens (tertiary/aromatic N) is 2. The third-order valence-corrected chi connectivity index (χ3v) is 8.51. The Morgan fingerprint density at radius 3 is 2.43 bits per heavy atom. The second-order valence-corrected chi connectivity index (χ2v) is 11.0. The Morgan fingerprint density at radius 1 is 1.00 bits per heavy atom. The fourth-order valence-corrected chi connectivity index (χ4v) is 7.07. The maximum atomic E-state index is 13.4. The molecule has 0 N–H and O–H groups in total. The number of hydrogen-bond donors (Lipinski definition) is 0. The summed E-state index contributed by atoms with van der Waals surface area (Å²) >= 11 is 0. The number of hydrogen-bond acceptors (Lipinski definition) is 4. The second-order valence-electron chi connectivity index (χ2n) is 8.75. The van der Waals surface area contributed by atoms with Gasteiger partial charge in [0.15, 0.2) is 9.84 Å². The van der Waals surface area contributed by atoms with Gasteiger partial charge < -0.3 is 4.90 Å². The van der Waals surface area contributed by atoms with Crippen LogP contribution in [0, 0.1) is 0 Å². The van der Waals surface area contributed by atoms with Crippen molar-refractivity contribution < 1.29 is 13.2 Å². The summed E-state index contributed by atoms with van der Waals surface area (Å²) in [6, 6.07) is 11.0. The molecule has 1 amide bonds. The van der Waals surface area contributed by atoms with Crippen molar-refractivity contribution in [2.45, 2.75) is 69.5 Å². The molecule has 0 unspecified atom stereocenters. The lowest BCUT2D eigenvalue weighted by Crippen LogP contribution is -2.51. The van der Waals surface area contributed by atoms with E-state index < -0.39 is 9.84 Å². The molecule has 2 saturated heterocycles. The van der Waals surface area contributed by atoms with Gasteiger partial charge in [-0.25, -0.2) is 8.42 Å². The number of carbonyl (C=O) groups is 1. The zero-order chi connectivity index (χ0) is 19.6. The number of carbonyl (C=O) groups excluding carboxylic acids is 1. The van der Waals surface area contributed by atoms with Gasteiger partial charge in [0.1, 0.15) is 0 Å². The summed E-state index contributed by atoms with van der Waals surface area (Å²) in [7, 11) is -2.99. The molecule has 4 rings (SSSR count).